The summed E-state index contributed by atoms with van der Waals surface area (Å²) in [5.74, 6) is 1.59. The van der Waals surface area contributed by atoms with Crippen LogP contribution in [0.5, 0.6) is 0 Å². The molecule has 1 aromatic rings. The van der Waals surface area contributed by atoms with Crippen molar-refractivity contribution in [3.63, 3.8) is 0 Å². The lowest BCUT2D eigenvalue weighted by Crippen LogP contribution is -2.56. The summed E-state index contributed by atoms with van der Waals surface area (Å²) in [5, 5.41) is 0. The molecule has 2 saturated heterocycles. The fourth-order valence-electron chi connectivity index (χ4n) is 4.57. The van der Waals surface area contributed by atoms with Gasteiger partial charge in [0, 0.05) is 45.8 Å². The van der Waals surface area contributed by atoms with Crippen LogP contribution in [0.4, 0.5) is 0 Å². The average molecular weight is 358 g/mol. The van der Waals surface area contributed by atoms with Crippen molar-refractivity contribution in [1.29, 1.82) is 0 Å². The van der Waals surface area contributed by atoms with Gasteiger partial charge in [-0.2, -0.15) is 0 Å². The van der Waals surface area contributed by atoms with Gasteiger partial charge in [-0.15, -0.1) is 0 Å². The topological polar surface area (TPSA) is 26.8 Å². The Balaban J connectivity index is 1.44. The molecule has 0 bridgehead atoms. The van der Waals surface area contributed by atoms with Gasteiger partial charge in [-0.25, -0.2) is 0 Å². The van der Waals surface area contributed by atoms with Gasteiger partial charge in [0.2, 0.25) is 5.91 Å². The minimum atomic E-state index is 0.0174. The second-order valence-corrected chi connectivity index (χ2v) is 8.48. The molecule has 1 aromatic carbocycles. The van der Waals surface area contributed by atoms with Gasteiger partial charge in [0.1, 0.15) is 0 Å². The molecule has 4 heteroatoms. The van der Waals surface area contributed by atoms with Crippen molar-refractivity contribution in [1.82, 2.24) is 14.7 Å². The van der Waals surface area contributed by atoms with Crippen LogP contribution in [0, 0.1) is 11.8 Å². The number of carbonyl (C=O) groups is 1. The Bertz CT molecular complexity index is 558. The van der Waals surface area contributed by atoms with Crippen LogP contribution >= 0.6 is 0 Å². The zero-order valence-corrected chi connectivity index (χ0v) is 16.7. The van der Waals surface area contributed by atoms with Crippen LogP contribution < -0.4 is 0 Å². The summed E-state index contributed by atoms with van der Waals surface area (Å²) in [6.07, 6.45) is 2.36. The summed E-state index contributed by atoms with van der Waals surface area (Å²) in [7, 11) is 0. The van der Waals surface area contributed by atoms with Gasteiger partial charge in [0.05, 0.1) is 6.04 Å². The maximum absolute atomic E-state index is 13.0. The van der Waals surface area contributed by atoms with E-state index in [0.29, 0.717) is 17.7 Å². The molecule has 2 aliphatic rings. The molecule has 0 radical (unpaired) electrons. The van der Waals surface area contributed by atoms with Crippen molar-refractivity contribution in [3.8, 4) is 0 Å². The molecule has 2 aliphatic heterocycles. The Morgan fingerprint density at radius 3 is 2.27 bits per heavy atom. The maximum atomic E-state index is 13.0. The van der Waals surface area contributed by atoms with Gasteiger partial charge in [0.15, 0.2) is 0 Å². The van der Waals surface area contributed by atoms with Crippen molar-refractivity contribution >= 4 is 5.91 Å². The number of likely N-dealkylation sites (tertiary alicyclic amines) is 1. The van der Waals surface area contributed by atoms with Crippen LogP contribution in [-0.4, -0.2) is 72.5 Å². The Labute approximate surface area is 159 Å². The molecule has 2 fully saturated rings. The first kappa shape index (κ1) is 19.4. The second-order valence-electron chi connectivity index (χ2n) is 8.48. The lowest BCUT2D eigenvalue weighted by atomic mass is 9.91. The third-order valence-electron chi connectivity index (χ3n) is 6.05. The van der Waals surface area contributed by atoms with Gasteiger partial charge in [-0.1, -0.05) is 44.2 Å². The number of rotatable bonds is 5. The highest BCUT2D eigenvalue weighted by Gasteiger charge is 2.32. The molecule has 0 saturated carbocycles. The third-order valence-corrected chi connectivity index (χ3v) is 6.05. The first-order valence-electron chi connectivity index (χ1n) is 10.3. The Morgan fingerprint density at radius 2 is 1.65 bits per heavy atom. The number of amides is 1. The van der Waals surface area contributed by atoms with E-state index >= 15 is 0 Å². The van der Waals surface area contributed by atoms with E-state index in [1.54, 1.807) is 0 Å². The first-order chi connectivity index (χ1) is 12.5. The van der Waals surface area contributed by atoms with E-state index in [4.69, 9.17) is 0 Å². The van der Waals surface area contributed by atoms with E-state index in [1.165, 1.54) is 12.0 Å². The normalized spacial score (nSPS) is 26.7. The largest absolute Gasteiger partial charge is 0.341 e. The van der Waals surface area contributed by atoms with Crippen LogP contribution in [0.2, 0.25) is 0 Å². The van der Waals surface area contributed by atoms with E-state index in [1.807, 2.05) is 0 Å². The summed E-state index contributed by atoms with van der Waals surface area (Å²) in [4.78, 5) is 20.0. The number of piperazine rings is 1. The first-order valence-corrected chi connectivity index (χ1v) is 10.3. The van der Waals surface area contributed by atoms with Crippen LogP contribution in [0.3, 0.4) is 0 Å². The number of benzene rings is 1. The maximum Gasteiger partial charge on any atom is 0.239 e. The molecule has 4 nitrogen and oxygen atoms in total. The number of piperidine rings is 1. The highest BCUT2D eigenvalue weighted by atomic mass is 16.2. The van der Waals surface area contributed by atoms with Gasteiger partial charge >= 0.3 is 0 Å². The van der Waals surface area contributed by atoms with Gasteiger partial charge < -0.3 is 9.80 Å². The molecular weight excluding hydrogens is 322 g/mol. The summed E-state index contributed by atoms with van der Waals surface area (Å²) in [6, 6.07) is 10.7. The number of carbonyl (C=O) groups excluding carboxylic acids is 1. The van der Waals surface area contributed by atoms with E-state index in [9.17, 15) is 4.79 Å². The monoisotopic (exact) mass is 357 g/mol. The lowest BCUT2D eigenvalue weighted by molar-refractivity contribution is -0.139. The predicted molar refractivity (Wildman–Crippen MR) is 107 cm³/mol. The standard InChI is InChI=1S/C22H35N3O/c1-18-15-19(2)17-25(16-18)22(26)20(3)24-13-11-23(12-14-24)10-9-21-7-5-4-6-8-21/h4-8,18-20H,9-17H2,1-3H3. The fourth-order valence-corrected chi connectivity index (χ4v) is 4.57. The van der Waals surface area contributed by atoms with E-state index in [2.05, 4.69) is 65.8 Å². The molecular formula is C22H35N3O. The van der Waals surface area contributed by atoms with E-state index < -0.39 is 0 Å². The number of hydrogen-bond acceptors (Lipinski definition) is 3. The van der Waals surface area contributed by atoms with Crippen LogP contribution in [-0.2, 0) is 11.2 Å². The van der Waals surface area contributed by atoms with Crippen molar-refractivity contribution in [2.24, 2.45) is 11.8 Å². The molecule has 1 amide bonds. The molecule has 0 aromatic heterocycles. The molecule has 0 spiro atoms. The van der Waals surface area contributed by atoms with Crippen LogP contribution in [0.15, 0.2) is 30.3 Å². The predicted octanol–water partition coefficient (Wildman–Crippen LogP) is 2.74. The lowest BCUT2D eigenvalue weighted by Gasteiger charge is -2.41. The van der Waals surface area contributed by atoms with E-state index in [0.717, 1.165) is 52.2 Å². The Morgan fingerprint density at radius 1 is 1.04 bits per heavy atom. The zero-order valence-electron chi connectivity index (χ0n) is 16.7. The minimum absolute atomic E-state index is 0.0174. The molecule has 0 N–H and O–H groups in total. The summed E-state index contributed by atoms with van der Waals surface area (Å²) >= 11 is 0. The fraction of sp³-hybridized carbons (Fsp3) is 0.682. The molecule has 0 aliphatic carbocycles. The van der Waals surface area contributed by atoms with Gasteiger partial charge in [0.25, 0.3) is 0 Å². The van der Waals surface area contributed by atoms with Crippen LogP contribution in [0.1, 0.15) is 32.8 Å². The SMILES string of the molecule is CC1CC(C)CN(C(=O)C(C)N2CCN(CCc3ccccc3)CC2)C1. The molecule has 3 atom stereocenters. The van der Waals surface area contributed by atoms with Crippen molar-refractivity contribution < 1.29 is 4.79 Å². The van der Waals surface area contributed by atoms with Gasteiger partial charge in [-0.05, 0) is 37.2 Å². The molecule has 26 heavy (non-hydrogen) atoms. The quantitative estimate of drug-likeness (QED) is 0.811. The van der Waals surface area contributed by atoms with Crippen molar-refractivity contribution in [2.45, 2.75) is 39.7 Å². The highest BCUT2D eigenvalue weighted by molar-refractivity contribution is 5.81. The second kappa shape index (κ2) is 9.01. The average Bonchev–Trinajstić information content (AvgIpc) is 2.65. The molecule has 144 valence electrons. The highest BCUT2D eigenvalue weighted by Crippen LogP contribution is 2.22. The summed E-state index contributed by atoms with van der Waals surface area (Å²) in [6.45, 7) is 13.8. The Hall–Kier alpha value is -1.39. The number of nitrogens with zero attached hydrogens (tertiary/aromatic N) is 3. The smallest absolute Gasteiger partial charge is 0.239 e. The van der Waals surface area contributed by atoms with E-state index in [-0.39, 0.29) is 6.04 Å². The molecule has 2 heterocycles. The Kier molecular flexibility index (Phi) is 6.71. The third kappa shape index (κ3) is 5.08. The van der Waals surface area contributed by atoms with Gasteiger partial charge in [-0.3, -0.25) is 9.69 Å². The zero-order chi connectivity index (χ0) is 18.5. The molecule has 3 rings (SSSR count). The summed E-state index contributed by atoms with van der Waals surface area (Å²) < 4.78 is 0. The van der Waals surface area contributed by atoms with Crippen molar-refractivity contribution in [3.05, 3.63) is 35.9 Å². The summed E-state index contributed by atoms with van der Waals surface area (Å²) in [5.41, 5.74) is 1.41. The van der Waals surface area contributed by atoms with Crippen molar-refractivity contribution in [2.75, 3.05) is 45.8 Å². The van der Waals surface area contributed by atoms with Crippen LogP contribution in [0.25, 0.3) is 0 Å². The number of hydrogen-bond donors (Lipinski definition) is 0. The minimum Gasteiger partial charge on any atom is -0.341 e. The molecule has 3 unspecified atom stereocenters.